The first kappa shape index (κ1) is 23.7. The molecule has 9 heteroatoms. The lowest BCUT2D eigenvalue weighted by atomic mass is 9.98. The van der Waals surface area contributed by atoms with E-state index in [0.29, 0.717) is 12.1 Å². The number of aryl methyl sites for hydroxylation is 1. The molecule has 6 rings (SSSR count). The maximum Gasteiger partial charge on any atom is 0.264 e. The third-order valence-electron chi connectivity index (χ3n) is 7.22. The van der Waals surface area contributed by atoms with Crippen LogP contribution in [0.5, 0.6) is 0 Å². The van der Waals surface area contributed by atoms with Crippen LogP contribution in [0, 0.1) is 0 Å². The van der Waals surface area contributed by atoms with Gasteiger partial charge in [-0.25, -0.2) is 9.91 Å². The molecule has 38 heavy (non-hydrogen) atoms. The van der Waals surface area contributed by atoms with Crippen LogP contribution in [-0.4, -0.2) is 52.1 Å². The average Bonchev–Trinajstić information content (AvgIpc) is 3.65. The van der Waals surface area contributed by atoms with Crippen molar-refractivity contribution in [3.8, 4) is 0 Å². The topological polar surface area (TPSA) is 98.0 Å². The van der Waals surface area contributed by atoms with Crippen molar-refractivity contribution in [1.82, 2.24) is 10.0 Å². The Hall–Kier alpha value is -4.66. The van der Waals surface area contributed by atoms with Crippen molar-refractivity contribution >= 4 is 29.1 Å². The van der Waals surface area contributed by atoms with E-state index in [1.54, 1.807) is 12.1 Å². The lowest BCUT2D eigenvalue weighted by molar-refractivity contribution is -0.135. The lowest BCUT2D eigenvalue weighted by Crippen LogP contribution is -2.44. The molecule has 0 spiro atoms. The van der Waals surface area contributed by atoms with Gasteiger partial charge in [0.25, 0.3) is 17.7 Å². The summed E-state index contributed by atoms with van der Waals surface area (Å²) in [6.45, 7) is 1.82. The molecular formula is C29H26N6O3. The van der Waals surface area contributed by atoms with Crippen LogP contribution < -0.4 is 4.90 Å². The molecule has 3 aromatic rings. The number of hydrogen-bond donors (Lipinski definition) is 0. The first-order valence-corrected chi connectivity index (χ1v) is 12.7. The van der Waals surface area contributed by atoms with E-state index in [4.69, 9.17) is 5.10 Å². The molecule has 3 aliphatic heterocycles. The van der Waals surface area contributed by atoms with Crippen LogP contribution in [0.3, 0.4) is 0 Å². The van der Waals surface area contributed by atoms with Gasteiger partial charge in [0.05, 0.1) is 17.4 Å². The largest absolute Gasteiger partial charge is 0.271 e. The minimum atomic E-state index is -0.965. The smallest absolute Gasteiger partial charge is 0.264 e. The highest BCUT2D eigenvalue weighted by molar-refractivity contribution is 6.25. The van der Waals surface area contributed by atoms with Gasteiger partial charge in [-0.2, -0.15) is 10.2 Å². The van der Waals surface area contributed by atoms with Gasteiger partial charge in [-0.3, -0.25) is 19.4 Å². The summed E-state index contributed by atoms with van der Waals surface area (Å²) in [5.74, 6) is -1.19. The Kier molecular flexibility index (Phi) is 6.03. The van der Waals surface area contributed by atoms with E-state index in [1.807, 2.05) is 79.7 Å². The number of anilines is 1. The molecule has 3 aliphatic rings. The van der Waals surface area contributed by atoms with Gasteiger partial charge >= 0.3 is 0 Å². The molecule has 3 amide bonds. The number of benzene rings is 3. The number of hydrazone groups is 1. The highest BCUT2D eigenvalue weighted by atomic mass is 16.2. The summed E-state index contributed by atoms with van der Waals surface area (Å²) in [6, 6.07) is 24.6. The van der Waals surface area contributed by atoms with Gasteiger partial charge in [0.15, 0.2) is 12.1 Å². The maximum absolute atomic E-state index is 13.6. The Morgan fingerprint density at radius 1 is 0.895 bits per heavy atom. The fraction of sp³-hybridized carbons (Fsp3) is 0.241. The summed E-state index contributed by atoms with van der Waals surface area (Å²) in [6.07, 6.45) is 1.42. The van der Waals surface area contributed by atoms with E-state index in [1.165, 1.54) is 10.0 Å². The van der Waals surface area contributed by atoms with Gasteiger partial charge in [-0.1, -0.05) is 84.9 Å². The first-order valence-electron chi connectivity index (χ1n) is 12.7. The predicted molar refractivity (Wildman–Crippen MR) is 141 cm³/mol. The van der Waals surface area contributed by atoms with E-state index < -0.39 is 23.9 Å². The summed E-state index contributed by atoms with van der Waals surface area (Å²) in [7, 11) is 0. The highest BCUT2D eigenvalue weighted by Gasteiger charge is 2.55. The van der Waals surface area contributed by atoms with Crippen LogP contribution in [-0.2, 0) is 20.8 Å². The first-order chi connectivity index (χ1) is 18.5. The van der Waals surface area contributed by atoms with Crippen molar-refractivity contribution in [2.45, 2.75) is 37.9 Å². The maximum atomic E-state index is 13.6. The third kappa shape index (κ3) is 4.06. The number of imide groups is 1. The summed E-state index contributed by atoms with van der Waals surface area (Å²) in [5, 5.41) is 15.6. The van der Waals surface area contributed by atoms with Crippen molar-refractivity contribution in [3.05, 3.63) is 102 Å². The minimum absolute atomic E-state index is 0.221. The van der Waals surface area contributed by atoms with Crippen molar-refractivity contribution in [3.63, 3.8) is 0 Å². The van der Waals surface area contributed by atoms with Crippen molar-refractivity contribution in [1.29, 1.82) is 0 Å². The second kappa shape index (κ2) is 9.66. The zero-order valence-electron chi connectivity index (χ0n) is 20.8. The van der Waals surface area contributed by atoms with Crippen LogP contribution in [0.2, 0.25) is 0 Å². The van der Waals surface area contributed by atoms with E-state index in [9.17, 15) is 14.4 Å². The number of amides is 3. The molecule has 0 N–H and O–H groups in total. The molecule has 3 aromatic carbocycles. The molecule has 9 nitrogen and oxygen atoms in total. The van der Waals surface area contributed by atoms with Crippen molar-refractivity contribution < 1.29 is 14.4 Å². The summed E-state index contributed by atoms with van der Waals surface area (Å²) < 4.78 is 0. The molecule has 190 valence electrons. The second-order valence-electron chi connectivity index (χ2n) is 9.51. The number of carbonyl (C=O) groups excluding carboxylic acids is 3. The van der Waals surface area contributed by atoms with Crippen LogP contribution in [0.1, 0.15) is 36.1 Å². The Morgan fingerprint density at radius 2 is 1.58 bits per heavy atom. The van der Waals surface area contributed by atoms with E-state index in [2.05, 4.69) is 10.3 Å². The quantitative estimate of drug-likeness (QED) is 0.473. The second-order valence-corrected chi connectivity index (χ2v) is 9.51. The normalized spacial score (nSPS) is 22.3. The summed E-state index contributed by atoms with van der Waals surface area (Å²) in [4.78, 5) is 41.2. The number of fused-ring (bicyclic) bond motifs is 1. The fourth-order valence-corrected chi connectivity index (χ4v) is 5.18. The van der Waals surface area contributed by atoms with Crippen LogP contribution in [0.15, 0.2) is 100 Å². The Balaban J connectivity index is 1.24. The molecule has 3 heterocycles. The number of hydrogen-bond acceptors (Lipinski definition) is 7. The van der Waals surface area contributed by atoms with Gasteiger partial charge in [0.1, 0.15) is 6.54 Å². The van der Waals surface area contributed by atoms with Crippen molar-refractivity contribution in [2.75, 3.05) is 11.4 Å². The highest BCUT2D eigenvalue weighted by Crippen LogP contribution is 2.35. The molecular weight excluding hydrogens is 480 g/mol. The van der Waals surface area contributed by atoms with Crippen LogP contribution >= 0.6 is 0 Å². The molecule has 1 saturated heterocycles. The van der Waals surface area contributed by atoms with Gasteiger partial charge in [0.2, 0.25) is 0 Å². The van der Waals surface area contributed by atoms with E-state index in [0.717, 1.165) is 33.7 Å². The Morgan fingerprint density at radius 3 is 2.26 bits per heavy atom. The van der Waals surface area contributed by atoms with Gasteiger partial charge in [0, 0.05) is 6.42 Å². The zero-order valence-corrected chi connectivity index (χ0v) is 20.8. The van der Waals surface area contributed by atoms with Gasteiger partial charge in [-0.05, 0) is 35.2 Å². The monoisotopic (exact) mass is 506 g/mol. The molecule has 0 aliphatic carbocycles. The minimum Gasteiger partial charge on any atom is -0.271 e. The molecule has 0 saturated carbocycles. The number of rotatable bonds is 6. The van der Waals surface area contributed by atoms with E-state index in [-0.39, 0.29) is 18.5 Å². The van der Waals surface area contributed by atoms with Crippen LogP contribution in [0.4, 0.5) is 5.69 Å². The molecule has 0 aromatic heterocycles. The molecule has 0 bridgehead atoms. The fourth-order valence-electron chi connectivity index (χ4n) is 5.18. The molecule has 1 fully saturated rings. The number of nitrogens with zero attached hydrogens (tertiary/aromatic N) is 6. The molecule has 0 radical (unpaired) electrons. The summed E-state index contributed by atoms with van der Waals surface area (Å²) >= 11 is 0. The van der Waals surface area contributed by atoms with Gasteiger partial charge < -0.3 is 0 Å². The summed E-state index contributed by atoms with van der Waals surface area (Å²) in [5.41, 5.74) is 4.32. The zero-order chi connectivity index (χ0) is 26.2. The van der Waals surface area contributed by atoms with Gasteiger partial charge in [-0.15, -0.1) is 0 Å². The molecule has 3 atom stereocenters. The lowest BCUT2D eigenvalue weighted by Gasteiger charge is -2.25. The van der Waals surface area contributed by atoms with E-state index >= 15 is 0 Å². The number of carbonyl (C=O) groups is 3. The third-order valence-corrected chi connectivity index (χ3v) is 7.22. The van der Waals surface area contributed by atoms with Crippen LogP contribution in [0.25, 0.3) is 0 Å². The average molecular weight is 507 g/mol. The van der Waals surface area contributed by atoms with Crippen molar-refractivity contribution in [2.24, 2.45) is 15.4 Å². The standard InChI is InChI=1S/C29H26N6O3/c1-2-19-13-15-22(16-14-19)34-28(37)26-27(29(34)38)33(32-30-26)18-25(36)35-24(21-11-7-4-8-12-21)17-23(31-35)20-9-5-3-6-10-20/h3-16,24,26-27H,2,17-18H2,1H3. The Labute approximate surface area is 220 Å². The molecule has 3 unspecified atom stereocenters. The Bertz CT molecular complexity index is 1440. The SMILES string of the molecule is CCc1ccc(N2C(=O)C3N=NN(CC(=O)N4N=C(c5ccccc5)CC4c4ccccc4)C3C2=O)cc1. The predicted octanol–water partition coefficient (Wildman–Crippen LogP) is 3.92.